The molecule has 0 aliphatic carbocycles. The van der Waals surface area contributed by atoms with Crippen LogP contribution in [0.5, 0.6) is 0 Å². The third-order valence-corrected chi connectivity index (χ3v) is 5.27. The van der Waals surface area contributed by atoms with Gasteiger partial charge in [0.1, 0.15) is 17.6 Å². The third-order valence-electron chi connectivity index (χ3n) is 4.98. The molecule has 0 radical (unpaired) electrons. The standard InChI is InChI=1S/C21H16ClF3N6/c22-16-9-13(1-2-17(16)25)20-21(30(12-28-20)14(5-7-23)6-8-24)18-3-4-19-27-11-15(10-26)31(19)29-18/h1-4,9,11-12,14H,5-8H2. The number of aromatic nitrogens is 5. The fourth-order valence-electron chi connectivity index (χ4n) is 3.50. The van der Waals surface area contributed by atoms with Crippen LogP contribution in [0.25, 0.3) is 28.3 Å². The molecule has 3 aromatic heterocycles. The number of benzene rings is 1. The molecular formula is C21H16ClF3N6. The lowest BCUT2D eigenvalue weighted by molar-refractivity contribution is 0.331. The number of halogens is 4. The van der Waals surface area contributed by atoms with Crippen LogP contribution in [0.4, 0.5) is 13.2 Å². The Morgan fingerprint density at radius 3 is 2.55 bits per heavy atom. The zero-order valence-corrected chi connectivity index (χ0v) is 16.9. The number of hydrogen-bond acceptors (Lipinski definition) is 4. The second kappa shape index (κ2) is 8.78. The Labute approximate surface area is 180 Å². The zero-order chi connectivity index (χ0) is 22.0. The van der Waals surface area contributed by atoms with Crippen LogP contribution < -0.4 is 0 Å². The highest BCUT2D eigenvalue weighted by Gasteiger charge is 2.23. The fourth-order valence-corrected chi connectivity index (χ4v) is 3.68. The van der Waals surface area contributed by atoms with Gasteiger partial charge in [0, 0.05) is 11.6 Å². The highest BCUT2D eigenvalue weighted by molar-refractivity contribution is 6.31. The van der Waals surface area contributed by atoms with Crippen molar-refractivity contribution >= 4 is 17.2 Å². The molecule has 0 aliphatic rings. The predicted molar refractivity (Wildman–Crippen MR) is 110 cm³/mol. The minimum atomic E-state index is -0.632. The smallest absolute Gasteiger partial charge is 0.162 e. The van der Waals surface area contributed by atoms with Gasteiger partial charge in [-0.2, -0.15) is 10.4 Å². The first kappa shape index (κ1) is 20.9. The van der Waals surface area contributed by atoms with Crippen LogP contribution in [0, 0.1) is 17.1 Å². The SMILES string of the molecule is N#Cc1cnc2ccc(-c3c(-c4ccc(F)c(Cl)c4)ncn3C(CCF)CCF)nn12. The molecule has 31 heavy (non-hydrogen) atoms. The van der Waals surface area contributed by atoms with Crippen molar-refractivity contribution in [1.29, 1.82) is 5.26 Å². The summed E-state index contributed by atoms with van der Waals surface area (Å²) < 4.78 is 43.2. The molecule has 0 unspecified atom stereocenters. The quantitative estimate of drug-likeness (QED) is 0.393. The number of nitriles is 1. The molecule has 0 fully saturated rings. The molecular weight excluding hydrogens is 429 g/mol. The van der Waals surface area contributed by atoms with E-state index in [1.165, 1.54) is 35.2 Å². The molecule has 0 spiro atoms. The van der Waals surface area contributed by atoms with Crippen LogP contribution in [-0.2, 0) is 0 Å². The third kappa shape index (κ3) is 3.86. The van der Waals surface area contributed by atoms with Gasteiger partial charge >= 0.3 is 0 Å². The Balaban J connectivity index is 1.95. The van der Waals surface area contributed by atoms with Crippen molar-refractivity contribution in [2.45, 2.75) is 18.9 Å². The Bertz CT molecular complexity index is 1270. The molecule has 4 rings (SSSR count). The van der Waals surface area contributed by atoms with Crippen LogP contribution >= 0.6 is 11.6 Å². The minimum Gasteiger partial charge on any atom is -0.325 e. The molecule has 0 saturated heterocycles. The topological polar surface area (TPSA) is 71.8 Å². The number of imidazole rings is 2. The average Bonchev–Trinajstić information content (AvgIpc) is 3.39. The fraction of sp³-hybridized carbons (Fsp3) is 0.238. The number of alkyl halides is 2. The van der Waals surface area contributed by atoms with Gasteiger partial charge in [0.15, 0.2) is 11.3 Å². The summed E-state index contributed by atoms with van der Waals surface area (Å²) in [5.74, 6) is -0.573. The van der Waals surface area contributed by atoms with E-state index >= 15 is 0 Å². The molecule has 158 valence electrons. The summed E-state index contributed by atoms with van der Waals surface area (Å²) in [7, 11) is 0. The second-order valence-corrected chi connectivity index (χ2v) is 7.24. The van der Waals surface area contributed by atoms with Gasteiger partial charge in [-0.05, 0) is 43.2 Å². The molecule has 0 aliphatic heterocycles. The maximum Gasteiger partial charge on any atom is 0.162 e. The van der Waals surface area contributed by atoms with Crippen molar-refractivity contribution < 1.29 is 13.2 Å². The molecule has 10 heteroatoms. The Morgan fingerprint density at radius 2 is 1.87 bits per heavy atom. The molecule has 0 atom stereocenters. The largest absolute Gasteiger partial charge is 0.325 e. The average molecular weight is 445 g/mol. The Kier molecular flexibility index (Phi) is 5.91. The number of rotatable bonds is 7. The Morgan fingerprint density at radius 1 is 1.10 bits per heavy atom. The van der Waals surface area contributed by atoms with Crippen molar-refractivity contribution in [3.8, 4) is 28.7 Å². The van der Waals surface area contributed by atoms with Gasteiger partial charge in [0.25, 0.3) is 0 Å². The first-order valence-electron chi connectivity index (χ1n) is 9.46. The van der Waals surface area contributed by atoms with Crippen LogP contribution in [-0.4, -0.2) is 37.5 Å². The van der Waals surface area contributed by atoms with Crippen LogP contribution in [0.15, 0.2) is 42.9 Å². The summed E-state index contributed by atoms with van der Waals surface area (Å²) in [5, 5.41) is 13.8. The first-order valence-corrected chi connectivity index (χ1v) is 9.84. The van der Waals surface area contributed by atoms with Crippen molar-refractivity contribution in [1.82, 2.24) is 24.1 Å². The van der Waals surface area contributed by atoms with Gasteiger partial charge in [0.05, 0.1) is 42.3 Å². The van der Waals surface area contributed by atoms with Crippen LogP contribution in [0.1, 0.15) is 24.6 Å². The van der Waals surface area contributed by atoms with E-state index in [9.17, 15) is 18.4 Å². The number of fused-ring (bicyclic) bond motifs is 1. The maximum absolute atomic E-state index is 13.7. The molecule has 1 aromatic carbocycles. The van der Waals surface area contributed by atoms with E-state index in [0.717, 1.165) is 0 Å². The molecule has 0 N–H and O–H groups in total. The highest BCUT2D eigenvalue weighted by atomic mass is 35.5. The monoisotopic (exact) mass is 444 g/mol. The normalized spacial score (nSPS) is 11.4. The lowest BCUT2D eigenvalue weighted by atomic mass is 10.1. The predicted octanol–water partition coefficient (Wildman–Crippen LogP) is 5.18. The van der Waals surface area contributed by atoms with E-state index in [4.69, 9.17) is 11.6 Å². The van der Waals surface area contributed by atoms with E-state index in [1.54, 1.807) is 16.7 Å². The van der Waals surface area contributed by atoms with Gasteiger partial charge in [-0.25, -0.2) is 18.9 Å². The molecule has 6 nitrogen and oxygen atoms in total. The maximum atomic E-state index is 13.7. The number of nitrogens with zero attached hydrogens (tertiary/aromatic N) is 6. The second-order valence-electron chi connectivity index (χ2n) is 6.83. The summed E-state index contributed by atoms with van der Waals surface area (Å²) in [5.41, 5.74) is 2.55. The van der Waals surface area contributed by atoms with E-state index in [2.05, 4.69) is 15.1 Å². The van der Waals surface area contributed by atoms with E-state index < -0.39 is 25.2 Å². The summed E-state index contributed by atoms with van der Waals surface area (Å²) in [6.45, 7) is -1.26. The molecule has 4 aromatic rings. The lowest BCUT2D eigenvalue weighted by Crippen LogP contribution is -2.12. The van der Waals surface area contributed by atoms with Crippen molar-refractivity contribution in [3.63, 3.8) is 0 Å². The van der Waals surface area contributed by atoms with Crippen molar-refractivity contribution in [2.24, 2.45) is 0 Å². The molecule has 0 amide bonds. The van der Waals surface area contributed by atoms with Crippen molar-refractivity contribution in [3.05, 3.63) is 59.4 Å². The minimum absolute atomic E-state index is 0.0770. The summed E-state index contributed by atoms with van der Waals surface area (Å²) in [4.78, 5) is 8.56. The zero-order valence-electron chi connectivity index (χ0n) is 16.1. The van der Waals surface area contributed by atoms with Crippen LogP contribution in [0.3, 0.4) is 0 Å². The summed E-state index contributed by atoms with van der Waals surface area (Å²) in [6.07, 6.45) is 3.07. The highest BCUT2D eigenvalue weighted by Crippen LogP contribution is 2.35. The van der Waals surface area contributed by atoms with Gasteiger partial charge in [-0.1, -0.05) is 11.6 Å². The summed E-state index contributed by atoms with van der Waals surface area (Å²) in [6, 6.07) is 9.06. The van der Waals surface area contributed by atoms with Crippen molar-refractivity contribution in [2.75, 3.05) is 13.3 Å². The van der Waals surface area contributed by atoms with E-state index in [1.807, 2.05) is 6.07 Å². The molecule has 0 bridgehead atoms. The van der Waals surface area contributed by atoms with Crippen LogP contribution in [0.2, 0.25) is 5.02 Å². The van der Waals surface area contributed by atoms with E-state index in [0.29, 0.717) is 28.3 Å². The van der Waals surface area contributed by atoms with Gasteiger partial charge in [-0.3, -0.25) is 8.78 Å². The molecule has 3 heterocycles. The lowest BCUT2D eigenvalue weighted by Gasteiger charge is -2.19. The number of hydrogen-bond donors (Lipinski definition) is 0. The first-order chi connectivity index (χ1) is 15.1. The molecule has 0 saturated carbocycles. The van der Waals surface area contributed by atoms with E-state index in [-0.39, 0.29) is 23.6 Å². The Hall–Kier alpha value is -3.38. The van der Waals surface area contributed by atoms with Gasteiger partial charge in [0.2, 0.25) is 0 Å². The van der Waals surface area contributed by atoms with Gasteiger partial charge < -0.3 is 4.57 Å². The summed E-state index contributed by atoms with van der Waals surface area (Å²) >= 11 is 5.96. The van der Waals surface area contributed by atoms with Gasteiger partial charge in [-0.15, -0.1) is 0 Å².